The molecule has 0 aliphatic carbocycles. The Morgan fingerprint density at radius 1 is 1.42 bits per heavy atom. The highest BCUT2D eigenvalue weighted by molar-refractivity contribution is 7.89. The molecule has 0 fully saturated rings. The molecule has 1 aromatic heterocycles. The van der Waals surface area contributed by atoms with E-state index in [1.807, 2.05) is 6.07 Å². The van der Waals surface area contributed by atoms with Crippen molar-refractivity contribution < 1.29 is 13.5 Å². The number of rotatable bonds is 5. The van der Waals surface area contributed by atoms with Gasteiger partial charge in [-0.1, -0.05) is 18.5 Å². The lowest BCUT2D eigenvalue weighted by atomic mass is 10.3. The third kappa shape index (κ3) is 2.78. The van der Waals surface area contributed by atoms with Crippen LogP contribution >= 0.6 is 22.9 Å². The van der Waals surface area contributed by atoms with Crippen LogP contribution < -0.4 is 0 Å². The number of likely N-dealkylation sites (N-methyl/N-ethyl adjacent to an activating group) is 1. The number of aliphatic hydroxyl groups is 1. The van der Waals surface area contributed by atoms with Gasteiger partial charge in [-0.15, -0.1) is 11.3 Å². The fourth-order valence-electron chi connectivity index (χ4n) is 1.88. The summed E-state index contributed by atoms with van der Waals surface area (Å²) in [5.41, 5.74) is 0. The van der Waals surface area contributed by atoms with Crippen LogP contribution in [0.5, 0.6) is 0 Å². The second-order valence-electron chi connectivity index (χ2n) is 3.96. The van der Waals surface area contributed by atoms with Crippen molar-refractivity contribution in [1.29, 1.82) is 0 Å². The molecular formula is C12H14ClNO3S2. The van der Waals surface area contributed by atoms with E-state index in [2.05, 4.69) is 0 Å². The van der Waals surface area contributed by atoms with E-state index < -0.39 is 10.0 Å². The van der Waals surface area contributed by atoms with Gasteiger partial charge in [0.15, 0.2) is 0 Å². The summed E-state index contributed by atoms with van der Waals surface area (Å²) in [5, 5.41) is 11.7. The maximum Gasteiger partial charge on any atom is 0.244 e. The quantitative estimate of drug-likeness (QED) is 0.921. The summed E-state index contributed by atoms with van der Waals surface area (Å²) < 4.78 is 27.2. The highest BCUT2D eigenvalue weighted by atomic mass is 35.5. The molecule has 2 rings (SSSR count). The predicted octanol–water partition coefficient (Wildman–Crippen LogP) is 2.56. The van der Waals surface area contributed by atoms with E-state index in [1.165, 1.54) is 15.6 Å². The Morgan fingerprint density at radius 2 is 2.16 bits per heavy atom. The molecule has 104 valence electrons. The van der Waals surface area contributed by atoms with Gasteiger partial charge < -0.3 is 5.11 Å². The summed E-state index contributed by atoms with van der Waals surface area (Å²) in [6, 6.07) is 5.21. The van der Waals surface area contributed by atoms with Crippen LogP contribution in [-0.2, 0) is 10.0 Å². The molecule has 7 heteroatoms. The van der Waals surface area contributed by atoms with Crippen molar-refractivity contribution >= 4 is 43.0 Å². The summed E-state index contributed by atoms with van der Waals surface area (Å²) in [6.07, 6.45) is 0. The maximum atomic E-state index is 12.5. The molecular weight excluding hydrogens is 306 g/mol. The van der Waals surface area contributed by atoms with Crippen molar-refractivity contribution in [2.45, 2.75) is 11.8 Å². The number of fused-ring (bicyclic) bond motifs is 1. The Hall–Kier alpha value is -0.660. The van der Waals surface area contributed by atoms with E-state index in [4.69, 9.17) is 16.7 Å². The molecule has 0 saturated carbocycles. The average molecular weight is 320 g/mol. The van der Waals surface area contributed by atoms with Crippen molar-refractivity contribution in [3.05, 3.63) is 28.6 Å². The number of benzene rings is 1. The summed E-state index contributed by atoms with van der Waals surface area (Å²) in [7, 11) is -3.59. The topological polar surface area (TPSA) is 57.6 Å². The number of hydrogen-bond donors (Lipinski definition) is 1. The molecule has 1 N–H and O–H groups in total. The van der Waals surface area contributed by atoms with Crippen molar-refractivity contribution in [3.8, 4) is 0 Å². The zero-order valence-corrected chi connectivity index (χ0v) is 12.7. The smallest absolute Gasteiger partial charge is 0.244 e. The number of halogens is 1. The molecule has 0 unspecified atom stereocenters. The second-order valence-corrected chi connectivity index (χ2v) is 7.21. The summed E-state index contributed by atoms with van der Waals surface area (Å²) >= 11 is 7.30. The van der Waals surface area contributed by atoms with Crippen LogP contribution in [0.3, 0.4) is 0 Å². The third-order valence-electron chi connectivity index (χ3n) is 2.82. The average Bonchev–Trinajstić information content (AvgIpc) is 2.79. The van der Waals surface area contributed by atoms with Crippen LogP contribution in [0, 0.1) is 0 Å². The molecule has 0 aliphatic heterocycles. The predicted molar refractivity (Wildman–Crippen MR) is 78.4 cm³/mol. The van der Waals surface area contributed by atoms with Crippen LogP contribution in [-0.4, -0.2) is 37.5 Å². The second kappa shape index (κ2) is 5.76. The highest BCUT2D eigenvalue weighted by Gasteiger charge is 2.25. The summed E-state index contributed by atoms with van der Waals surface area (Å²) in [5.74, 6) is 0. The van der Waals surface area contributed by atoms with Gasteiger partial charge in [-0.25, -0.2) is 8.42 Å². The minimum Gasteiger partial charge on any atom is -0.395 e. The van der Waals surface area contributed by atoms with Crippen molar-refractivity contribution in [3.63, 3.8) is 0 Å². The molecule has 2 aromatic rings. The molecule has 4 nitrogen and oxygen atoms in total. The summed E-state index contributed by atoms with van der Waals surface area (Å²) in [6.45, 7) is 1.96. The van der Waals surface area contributed by atoms with Crippen LogP contribution in [0.2, 0.25) is 5.02 Å². The van der Waals surface area contributed by atoms with Gasteiger partial charge in [-0.05, 0) is 18.2 Å². The van der Waals surface area contributed by atoms with E-state index in [0.29, 0.717) is 17.0 Å². The number of aliphatic hydroxyl groups excluding tert-OH is 1. The van der Waals surface area contributed by atoms with Gasteiger partial charge in [-0.2, -0.15) is 4.31 Å². The van der Waals surface area contributed by atoms with Crippen molar-refractivity contribution in [2.75, 3.05) is 19.7 Å². The molecule has 0 atom stereocenters. The summed E-state index contributed by atoms with van der Waals surface area (Å²) in [4.78, 5) is 0.255. The maximum absolute atomic E-state index is 12.5. The van der Waals surface area contributed by atoms with Gasteiger partial charge in [-0.3, -0.25) is 0 Å². The zero-order valence-electron chi connectivity index (χ0n) is 10.3. The fraction of sp³-hybridized carbons (Fsp3) is 0.333. The molecule has 0 radical (unpaired) electrons. The third-order valence-corrected chi connectivity index (χ3v) is 6.18. The van der Waals surface area contributed by atoms with Gasteiger partial charge in [0, 0.05) is 33.6 Å². The van der Waals surface area contributed by atoms with E-state index in [1.54, 1.807) is 24.4 Å². The standard InChI is InChI=1S/C12H14ClNO3S2/c1-2-14(5-6-15)19(16,17)12-8-18-11-4-3-9(13)7-10(11)12/h3-4,7-8,15H,2,5-6H2,1H3. The Bertz CT molecular complexity index is 681. The molecule has 0 spiro atoms. The number of thiophene rings is 1. The first-order chi connectivity index (χ1) is 9.00. The monoisotopic (exact) mass is 319 g/mol. The lowest BCUT2D eigenvalue weighted by molar-refractivity contribution is 0.257. The van der Waals surface area contributed by atoms with Gasteiger partial charge in [0.05, 0.1) is 6.61 Å². The first-order valence-electron chi connectivity index (χ1n) is 5.78. The van der Waals surface area contributed by atoms with Crippen LogP contribution in [0.4, 0.5) is 0 Å². The first kappa shape index (κ1) is 14.7. The number of nitrogens with zero attached hydrogens (tertiary/aromatic N) is 1. The van der Waals surface area contributed by atoms with Gasteiger partial charge in [0.1, 0.15) is 4.90 Å². The molecule has 19 heavy (non-hydrogen) atoms. The van der Waals surface area contributed by atoms with Crippen molar-refractivity contribution in [1.82, 2.24) is 4.31 Å². The largest absolute Gasteiger partial charge is 0.395 e. The van der Waals surface area contributed by atoms with Crippen LogP contribution in [0.15, 0.2) is 28.5 Å². The van der Waals surface area contributed by atoms with Gasteiger partial charge in [0.25, 0.3) is 0 Å². The lowest BCUT2D eigenvalue weighted by Gasteiger charge is -2.18. The van der Waals surface area contributed by atoms with Gasteiger partial charge >= 0.3 is 0 Å². The zero-order chi connectivity index (χ0) is 14.0. The van der Waals surface area contributed by atoms with E-state index in [0.717, 1.165) is 4.70 Å². The number of sulfonamides is 1. The Balaban J connectivity index is 2.57. The molecule has 1 aromatic carbocycles. The number of hydrogen-bond acceptors (Lipinski definition) is 4. The van der Waals surface area contributed by atoms with Crippen LogP contribution in [0.1, 0.15) is 6.92 Å². The SMILES string of the molecule is CCN(CCO)S(=O)(=O)c1csc2ccc(Cl)cc12. The van der Waals surface area contributed by atoms with E-state index in [-0.39, 0.29) is 18.0 Å². The normalized spacial score (nSPS) is 12.4. The minimum absolute atomic E-state index is 0.0940. The fourth-order valence-corrected chi connectivity index (χ4v) is 4.93. The van der Waals surface area contributed by atoms with Gasteiger partial charge in [0.2, 0.25) is 10.0 Å². The molecule has 0 bridgehead atoms. The van der Waals surface area contributed by atoms with E-state index >= 15 is 0 Å². The minimum atomic E-state index is -3.59. The molecule has 1 heterocycles. The molecule has 0 amide bonds. The molecule has 0 saturated heterocycles. The van der Waals surface area contributed by atoms with E-state index in [9.17, 15) is 8.42 Å². The Morgan fingerprint density at radius 3 is 2.79 bits per heavy atom. The Kier molecular flexibility index (Phi) is 4.47. The Labute approximate surface area is 121 Å². The van der Waals surface area contributed by atoms with Crippen molar-refractivity contribution in [2.24, 2.45) is 0 Å². The molecule has 0 aliphatic rings. The van der Waals surface area contributed by atoms with Crippen LogP contribution in [0.25, 0.3) is 10.1 Å². The lowest BCUT2D eigenvalue weighted by Crippen LogP contribution is -2.33. The first-order valence-corrected chi connectivity index (χ1v) is 8.48. The highest BCUT2D eigenvalue weighted by Crippen LogP contribution is 2.33.